The highest BCUT2D eigenvalue weighted by atomic mass is 19.1. The minimum Gasteiger partial charge on any atom is -0.316 e. The minimum absolute atomic E-state index is 0.161. The van der Waals surface area contributed by atoms with Gasteiger partial charge in [-0.15, -0.1) is 0 Å². The van der Waals surface area contributed by atoms with Gasteiger partial charge in [0.2, 0.25) is 0 Å². The number of halogens is 1. The maximum Gasteiger partial charge on any atom is 0.123 e. The average molecular weight is 206 g/mol. The smallest absolute Gasteiger partial charge is 0.123 e. The van der Waals surface area contributed by atoms with Crippen LogP contribution in [0.2, 0.25) is 0 Å². The monoisotopic (exact) mass is 206 g/mol. The van der Waals surface area contributed by atoms with E-state index in [0.717, 1.165) is 37.0 Å². The number of rotatable bonds is 3. The lowest BCUT2D eigenvalue weighted by molar-refractivity contribution is 0.565. The first-order valence-electron chi connectivity index (χ1n) is 5.53. The van der Waals surface area contributed by atoms with E-state index in [-0.39, 0.29) is 5.82 Å². The van der Waals surface area contributed by atoms with Gasteiger partial charge in [-0.1, -0.05) is 12.1 Å². The maximum atomic E-state index is 12.7. The Kier molecular flexibility index (Phi) is 2.22. The summed E-state index contributed by atoms with van der Waals surface area (Å²) in [6, 6.07) is 7.42. The molecule has 3 atom stereocenters. The average Bonchev–Trinajstić information content (AvgIpc) is 2.71. The Morgan fingerprint density at radius 2 is 1.87 bits per heavy atom. The Morgan fingerprint density at radius 1 is 1.20 bits per heavy atom. The molecule has 0 amide bonds. The van der Waals surface area contributed by atoms with Crippen molar-refractivity contribution < 1.29 is 4.39 Å². The van der Waals surface area contributed by atoms with Crippen molar-refractivity contribution in [3.63, 3.8) is 0 Å². The summed E-state index contributed by atoms with van der Waals surface area (Å²) in [5.41, 5.74) is 1.16. The zero-order chi connectivity index (χ0) is 10.3. The Balaban J connectivity index is 1.52. The molecule has 1 unspecified atom stereocenters. The zero-order valence-corrected chi connectivity index (χ0v) is 8.54. The molecule has 2 nitrogen and oxygen atoms in total. The molecular weight excluding hydrogens is 191 g/mol. The molecule has 1 heterocycles. The van der Waals surface area contributed by atoms with E-state index in [4.69, 9.17) is 0 Å². The van der Waals surface area contributed by atoms with Gasteiger partial charge in [-0.05, 0) is 42.6 Å². The fraction of sp³-hybridized carbons (Fsp3) is 0.500. The van der Waals surface area contributed by atoms with Crippen LogP contribution < -0.4 is 10.6 Å². The Bertz CT molecular complexity index is 339. The zero-order valence-electron chi connectivity index (χ0n) is 8.54. The number of piperidine rings is 1. The molecule has 0 aromatic heterocycles. The summed E-state index contributed by atoms with van der Waals surface area (Å²) in [6.07, 6.45) is 0. The summed E-state index contributed by atoms with van der Waals surface area (Å²) in [7, 11) is 0. The fourth-order valence-corrected chi connectivity index (χ4v) is 2.56. The molecule has 2 aliphatic rings. The lowest BCUT2D eigenvalue weighted by atomic mass is 10.2. The van der Waals surface area contributed by atoms with Crippen molar-refractivity contribution in [3.05, 3.63) is 35.6 Å². The molecule has 80 valence electrons. The summed E-state index contributed by atoms with van der Waals surface area (Å²) in [5.74, 6) is 1.52. The molecule has 2 N–H and O–H groups in total. The SMILES string of the molecule is Fc1ccc(CNC2[C@H]3CNC[C@@H]23)cc1. The first-order valence-corrected chi connectivity index (χ1v) is 5.53. The lowest BCUT2D eigenvalue weighted by Gasteiger charge is -2.07. The molecule has 0 bridgehead atoms. The summed E-state index contributed by atoms with van der Waals surface area (Å²) in [5, 5.41) is 6.90. The normalized spacial score (nSPS) is 32.7. The molecule has 2 fully saturated rings. The van der Waals surface area contributed by atoms with Crippen LogP contribution in [0.5, 0.6) is 0 Å². The standard InChI is InChI=1S/C12H15FN2/c13-9-3-1-8(2-4-9)5-15-12-10-6-14-7-11(10)12/h1-4,10-12,14-15H,5-7H2/t10-,11+,12?. The highest BCUT2D eigenvalue weighted by Gasteiger charge is 2.52. The van der Waals surface area contributed by atoms with Crippen molar-refractivity contribution in [1.29, 1.82) is 0 Å². The van der Waals surface area contributed by atoms with Crippen molar-refractivity contribution in [2.75, 3.05) is 13.1 Å². The number of nitrogens with one attached hydrogen (secondary N) is 2. The summed E-state index contributed by atoms with van der Waals surface area (Å²) >= 11 is 0. The van der Waals surface area contributed by atoms with Crippen LogP contribution >= 0.6 is 0 Å². The van der Waals surface area contributed by atoms with Gasteiger partial charge in [0.25, 0.3) is 0 Å². The molecule has 15 heavy (non-hydrogen) atoms. The Labute approximate surface area is 88.9 Å². The number of benzene rings is 1. The summed E-state index contributed by atoms with van der Waals surface area (Å²) in [6.45, 7) is 3.18. The van der Waals surface area contributed by atoms with Crippen molar-refractivity contribution >= 4 is 0 Å². The second-order valence-electron chi connectivity index (χ2n) is 4.52. The Morgan fingerprint density at radius 3 is 2.53 bits per heavy atom. The topological polar surface area (TPSA) is 24.1 Å². The molecule has 1 saturated heterocycles. The van der Waals surface area contributed by atoms with Crippen LogP contribution in [-0.4, -0.2) is 19.1 Å². The quantitative estimate of drug-likeness (QED) is 0.774. The van der Waals surface area contributed by atoms with Gasteiger partial charge in [0.15, 0.2) is 0 Å². The van der Waals surface area contributed by atoms with E-state index < -0.39 is 0 Å². The van der Waals surface area contributed by atoms with Crippen LogP contribution in [0.4, 0.5) is 4.39 Å². The van der Waals surface area contributed by atoms with E-state index in [2.05, 4.69) is 10.6 Å². The van der Waals surface area contributed by atoms with E-state index in [1.165, 1.54) is 12.1 Å². The second kappa shape index (κ2) is 3.58. The van der Waals surface area contributed by atoms with Gasteiger partial charge in [-0.2, -0.15) is 0 Å². The van der Waals surface area contributed by atoms with Crippen molar-refractivity contribution in [2.24, 2.45) is 11.8 Å². The minimum atomic E-state index is -0.161. The van der Waals surface area contributed by atoms with Gasteiger partial charge in [-0.25, -0.2) is 4.39 Å². The largest absolute Gasteiger partial charge is 0.316 e. The molecule has 1 aliphatic carbocycles. The van der Waals surface area contributed by atoms with Crippen LogP contribution in [0, 0.1) is 17.7 Å². The van der Waals surface area contributed by atoms with E-state index in [1.54, 1.807) is 0 Å². The van der Waals surface area contributed by atoms with Crippen LogP contribution in [0.3, 0.4) is 0 Å². The molecule has 1 aromatic carbocycles. The summed E-state index contributed by atoms with van der Waals surface area (Å²) in [4.78, 5) is 0. The third kappa shape index (κ3) is 1.77. The number of hydrogen-bond acceptors (Lipinski definition) is 2. The maximum absolute atomic E-state index is 12.7. The van der Waals surface area contributed by atoms with Crippen LogP contribution in [0.25, 0.3) is 0 Å². The second-order valence-corrected chi connectivity index (χ2v) is 4.52. The van der Waals surface area contributed by atoms with Gasteiger partial charge in [0.1, 0.15) is 5.82 Å². The molecule has 0 spiro atoms. The molecule has 1 aliphatic heterocycles. The first kappa shape index (κ1) is 9.31. The predicted octanol–water partition coefficient (Wildman–Crippen LogP) is 1.13. The predicted molar refractivity (Wildman–Crippen MR) is 56.9 cm³/mol. The highest BCUT2D eigenvalue weighted by molar-refractivity contribution is 5.17. The van der Waals surface area contributed by atoms with Gasteiger partial charge in [0.05, 0.1) is 0 Å². The molecular formula is C12H15FN2. The van der Waals surface area contributed by atoms with Gasteiger partial charge in [-0.3, -0.25) is 0 Å². The first-order chi connectivity index (χ1) is 7.34. The fourth-order valence-electron chi connectivity index (χ4n) is 2.56. The van der Waals surface area contributed by atoms with E-state index in [1.807, 2.05) is 12.1 Å². The van der Waals surface area contributed by atoms with Gasteiger partial charge in [0, 0.05) is 12.6 Å². The van der Waals surface area contributed by atoms with Crippen molar-refractivity contribution in [2.45, 2.75) is 12.6 Å². The van der Waals surface area contributed by atoms with E-state index in [0.29, 0.717) is 6.04 Å². The Hall–Kier alpha value is -0.930. The van der Waals surface area contributed by atoms with Crippen LogP contribution in [0.1, 0.15) is 5.56 Å². The summed E-state index contributed by atoms with van der Waals surface area (Å²) < 4.78 is 12.7. The molecule has 3 heteroatoms. The van der Waals surface area contributed by atoms with E-state index >= 15 is 0 Å². The molecule has 3 rings (SSSR count). The van der Waals surface area contributed by atoms with Crippen molar-refractivity contribution in [3.8, 4) is 0 Å². The third-order valence-corrected chi connectivity index (χ3v) is 3.55. The van der Waals surface area contributed by atoms with Crippen LogP contribution in [0.15, 0.2) is 24.3 Å². The van der Waals surface area contributed by atoms with Gasteiger partial charge < -0.3 is 10.6 Å². The van der Waals surface area contributed by atoms with Crippen molar-refractivity contribution in [1.82, 2.24) is 10.6 Å². The lowest BCUT2D eigenvalue weighted by Crippen LogP contribution is -2.27. The molecule has 1 aromatic rings. The number of fused-ring (bicyclic) bond motifs is 1. The van der Waals surface area contributed by atoms with Gasteiger partial charge >= 0.3 is 0 Å². The van der Waals surface area contributed by atoms with E-state index in [9.17, 15) is 4.39 Å². The third-order valence-electron chi connectivity index (χ3n) is 3.55. The number of hydrogen-bond donors (Lipinski definition) is 2. The molecule has 1 saturated carbocycles. The highest BCUT2D eigenvalue weighted by Crippen LogP contribution is 2.41. The van der Waals surface area contributed by atoms with Crippen LogP contribution in [-0.2, 0) is 6.54 Å². The molecule has 0 radical (unpaired) electrons.